The van der Waals surface area contributed by atoms with Crippen LogP contribution in [0.3, 0.4) is 0 Å². The normalized spacial score (nSPS) is 12.5. The van der Waals surface area contributed by atoms with E-state index in [-0.39, 0.29) is 11.8 Å². The number of nitrogens with one attached hydrogen (secondary N) is 1. The fraction of sp³-hybridized carbons (Fsp3) is 0.429. The first-order valence-corrected chi connectivity index (χ1v) is 6.65. The number of aromatic nitrogens is 2. The summed E-state index contributed by atoms with van der Waals surface area (Å²) in [5.74, 6) is -0.196. The van der Waals surface area contributed by atoms with Crippen LogP contribution in [-0.2, 0) is 11.2 Å². The topological polar surface area (TPSA) is 72.4 Å². The Morgan fingerprint density at radius 1 is 1.53 bits per heavy atom. The molecule has 0 fully saturated rings. The molecule has 0 bridgehead atoms. The molecule has 1 unspecified atom stereocenters. The molecule has 2 aromatic rings. The van der Waals surface area contributed by atoms with Gasteiger partial charge in [-0.25, -0.2) is 4.98 Å². The molecule has 1 amide bonds. The van der Waals surface area contributed by atoms with Crippen molar-refractivity contribution >= 4 is 11.6 Å². The molecule has 0 spiro atoms. The lowest BCUT2D eigenvalue weighted by Crippen LogP contribution is -2.36. The molecule has 0 aliphatic carbocycles. The van der Waals surface area contributed by atoms with Crippen LogP contribution in [0.15, 0.2) is 30.6 Å². The fourth-order valence-corrected chi connectivity index (χ4v) is 2.01. The van der Waals surface area contributed by atoms with Crippen LogP contribution in [0.5, 0.6) is 0 Å². The smallest absolute Gasteiger partial charge is 0.224 e. The van der Waals surface area contributed by atoms with E-state index in [9.17, 15) is 4.79 Å². The van der Waals surface area contributed by atoms with Gasteiger partial charge in [0.1, 0.15) is 5.65 Å². The van der Waals surface area contributed by atoms with E-state index in [1.165, 1.54) is 0 Å². The van der Waals surface area contributed by atoms with Gasteiger partial charge in [-0.1, -0.05) is 13.0 Å². The van der Waals surface area contributed by atoms with Crippen molar-refractivity contribution in [2.45, 2.75) is 19.8 Å². The number of hydrogen-bond acceptors (Lipinski definition) is 3. The van der Waals surface area contributed by atoms with Gasteiger partial charge < -0.3 is 15.5 Å². The zero-order valence-corrected chi connectivity index (χ0v) is 11.2. The van der Waals surface area contributed by atoms with Crippen molar-refractivity contribution < 1.29 is 4.79 Å². The van der Waals surface area contributed by atoms with Crippen LogP contribution in [0, 0.1) is 5.92 Å². The molecular formula is C14H20N4O. The summed E-state index contributed by atoms with van der Waals surface area (Å²) in [5, 5.41) is 2.88. The molecule has 0 saturated carbocycles. The van der Waals surface area contributed by atoms with Crippen molar-refractivity contribution in [2.24, 2.45) is 11.7 Å². The summed E-state index contributed by atoms with van der Waals surface area (Å²) >= 11 is 0. The molecule has 102 valence electrons. The number of amides is 1. The van der Waals surface area contributed by atoms with Crippen molar-refractivity contribution in [1.29, 1.82) is 0 Å². The highest BCUT2D eigenvalue weighted by atomic mass is 16.1. The van der Waals surface area contributed by atoms with Crippen LogP contribution in [0.2, 0.25) is 0 Å². The first-order valence-electron chi connectivity index (χ1n) is 6.65. The highest BCUT2D eigenvalue weighted by Gasteiger charge is 2.18. The van der Waals surface area contributed by atoms with Gasteiger partial charge in [0.15, 0.2) is 0 Å². The standard InChI is InChI=1S/C14H20N4O/c1-2-6-16-14(19)11(9-15)8-12-10-18-7-4-3-5-13(18)17-12/h3-5,7,10-11H,2,6,8-9,15H2,1H3,(H,16,19). The van der Waals surface area contributed by atoms with Crippen molar-refractivity contribution in [3.05, 3.63) is 36.3 Å². The number of imidazole rings is 1. The molecule has 19 heavy (non-hydrogen) atoms. The highest BCUT2D eigenvalue weighted by molar-refractivity contribution is 5.79. The third-order valence-corrected chi connectivity index (χ3v) is 3.07. The van der Waals surface area contributed by atoms with Gasteiger partial charge in [-0.05, 0) is 18.6 Å². The molecule has 2 heterocycles. The van der Waals surface area contributed by atoms with Crippen LogP contribution >= 0.6 is 0 Å². The lowest BCUT2D eigenvalue weighted by Gasteiger charge is -2.13. The van der Waals surface area contributed by atoms with Crippen molar-refractivity contribution in [3.8, 4) is 0 Å². The summed E-state index contributed by atoms with van der Waals surface area (Å²) in [4.78, 5) is 16.4. The molecule has 0 aromatic carbocycles. The third-order valence-electron chi connectivity index (χ3n) is 3.07. The Labute approximate surface area is 112 Å². The third kappa shape index (κ3) is 3.32. The lowest BCUT2D eigenvalue weighted by molar-refractivity contribution is -0.124. The average molecular weight is 260 g/mol. The fourth-order valence-electron chi connectivity index (χ4n) is 2.01. The first-order chi connectivity index (χ1) is 9.24. The molecule has 0 aliphatic rings. The van der Waals surface area contributed by atoms with Crippen LogP contribution in [0.4, 0.5) is 0 Å². The zero-order chi connectivity index (χ0) is 13.7. The Morgan fingerprint density at radius 3 is 3.05 bits per heavy atom. The molecule has 2 aromatic heterocycles. The Balaban J connectivity index is 2.07. The average Bonchev–Trinajstić information content (AvgIpc) is 2.84. The maximum atomic E-state index is 11.9. The molecular weight excluding hydrogens is 240 g/mol. The van der Waals surface area contributed by atoms with Gasteiger partial charge >= 0.3 is 0 Å². The predicted octanol–water partition coefficient (Wildman–Crippen LogP) is 0.978. The SMILES string of the molecule is CCCNC(=O)C(CN)Cc1cn2ccccc2n1. The maximum absolute atomic E-state index is 11.9. The predicted molar refractivity (Wildman–Crippen MR) is 74.7 cm³/mol. The molecule has 2 rings (SSSR count). The number of fused-ring (bicyclic) bond motifs is 1. The summed E-state index contributed by atoms with van der Waals surface area (Å²) in [7, 11) is 0. The minimum absolute atomic E-state index is 0.0152. The molecule has 1 atom stereocenters. The van der Waals surface area contributed by atoms with Gasteiger partial charge in [0.05, 0.1) is 11.6 Å². The molecule has 0 saturated heterocycles. The van der Waals surface area contributed by atoms with Crippen molar-refractivity contribution in [3.63, 3.8) is 0 Å². The van der Waals surface area contributed by atoms with E-state index < -0.39 is 0 Å². The van der Waals surface area contributed by atoms with E-state index in [0.717, 1.165) is 17.8 Å². The van der Waals surface area contributed by atoms with Gasteiger partial charge in [-0.2, -0.15) is 0 Å². The summed E-state index contributed by atoms with van der Waals surface area (Å²) in [6.45, 7) is 3.06. The number of hydrogen-bond donors (Lipinski definition) is 2. The zero-order valence-electron chi connectivity index (χ0n) is 11.2. The maximum Gasteiger partial charge on any atom is 0.224 e. The number of carbonyl (C=O) groups excluding carboxylic acids is 1. The van der Waals surface area contributed by atoms with Crippen molar-refractivity contribution in [2.75, 3.05) is 13.1 Å². The molecule has 5 heteroatoms. The van der Waals surface area contributed by atoms with Crippen LogP contribution in [0.1, 0.15) is 19.0 Å². The molecule has 3 N–H and O–H groups in total. The number of rotatable bonds is 6. The van der Waals surface area contributed by atoms with Gasteiger partial charge in [0, 0.05) is 31.9 Å². The van der Waals surface area contributed by atoms with Gasteiger partial charge in [0.25, 0.3) is 0 Å². The second-order valence-corrected chi connectivity index (χ2v) is 4.63. The van der Waals surface area contributed by atoms with Gasteiger partial charge in [-0.15, -0.1) is 0 Å². The first kappa shape index (κ1) is 13.5. The van der Waals surface area contributed by atoms with Gasteiger partial charge in [-0.3, -0.25) is 4.79 Å². The molecule has 0 aliphatic heterocycles. The monoisotopic (exact) mass is 260 g/mol. The minimum atomic E-state index is -0.212. The summed E-state index contributed by atoms with van der Waals surface area (Å²) < 4.78 is 1.95. The van der Waals surface area contributed by atoms with E-state index in [4.69, 9.17) is 5.73 Å². The number of nitrogens with two attached hydrogens (primary N) is 1. The Bertz CT molecular complexity index is 516. The van der Waals surface area contributed by atoms with Crippen molar-refractivity contribution in [1.82, 2.24) is 14.7 Å². The second-order valence-electron chi connectivity index (χ2n) is 4.63. The van der Waals surface area contributed by atoms with Crippen LogP contribution in [0.25, 0.3) is 5.65 Å². The summed E-state index contributed by atoms with van der Waals surface area (Å²) in [6.07, 6.45) is 5.40. The Morgan fingerprint density at radius 2 is 2.37 bits per heavy atom. The summed E-state index contributed by atoms with van der Waals surface area (Å²) in [6, 6.07) is 5.84. The molecule has 5 nitrogen and oxygen atoms in total. The summed E-state index contributed by atoms with van der Waals surface area (Å²) in [5.41, 5.74) is 7.48. The minimum Gasteiger partial charge on any atom is -0.356 e. The quantitative estimate of drug-likeness (QED) is 0.813. The number of nitrogens with zero attached hydrogens (tertiary/aromatic N) is 2. The van der Waals surface area contributed by atoms with E-state index in [1.54, 1.807) is 0 Å². The van der Waals surface area contributed by atoms with E-state index >= 15 is 0 Å². The number of carbonyl (C=O) groups is 1. The van der Waals surface area contributed by atoms with Crippen LogP contribution in [-0.4, -0.2) is 28.4 Å². The number of pyridine rings is 1. The highest BCUT2D eigenvalue weighted by Crippen LogP contribution is 2.10. The lowest BCUT2D eigenvalue weighted by atomic mass is 10.0. The van der Waals surface area contributed by atoms with Crippen LogP contribution < -0.4 is 11.1 Å². The van der Waals surface area contributed by atoms with E-state index in [0.29, 0.717) is 19.5 Å². The second kappa shape index (κ2) is 6.33. The van der Waals surface area contributed by atoms with E-state index in [2.05, 4.69) is 10.3 Å². The molecule has 0 radical (unpaired) electrons. The Hall–Kier alpha value is -1.88. The van der Waals surface area contributed by atoms with E-state index in [1.807, 2.05) is 41.9 Å². The van der Waals surface area contributed by atoms with Gasteiger partial charge in [0.2, 0.25) is 5.91 Å². The largest absolute Gasteiger partial charge is 0.356 e. The Kier molecular flexibility index (Phi) is 4.52.